The molecule has 1 fully saturated rings. The molecule has 1 aliphatic carbocycles. The maximum atomic E-state index is 16.0. The summed E-state index contributed by atoms with van der Waals surface area (Å²) in [6.45, 7) is 20.6. The normalized spacial score (nSPS) is 18.9. The lowest BCUT2D eigenvalue weighted by Crippen LogP contribution is -2.54. The summed E-state index contributed by atoms with van der Waals surface area (Å²) in [5.74, 6) is -0.798. The molecule has 9 rings (SSSR count). The van der Waals surface area contributed by atoms with Gasteiger partial charge >= 0.3 is 0 Å². The zero-order valence-electron chi connectivity index (χ0n) is 37.0. The van der Waals surface area contributed by atoms with E-state index in [4.69, 9.17) is 0 Å². The zero-order chi connectivity index (χ0) is 43.1. The first-order valence-electron chi connectivity index (χ1n) is 21.8. The van der Waals surface area contributed by atoms with Crippen LogP contribution in [0.1, 0.15) is 103 Å². The maximum Gasteiger partial charge on any atom is 0.147 e. The van der Waals surface area contributed by atoms with Crippen LogP contribution in [0, 0.1) is 18.6 Å². The molecule has 6 aromatic carbocycles. The summed E-state index contributed by atoms with van der Waals surface area (Å²) in [6, 6.07) is 42.8. The fourth-order valence-corrected chi connectivity index (χ4v) is 11.2. The van der Waals surface area contributed by atoms with Crippen LogP contribution in [0.5, 0.6) is 0 Å². The van der Waals surface area contributed by atoms with Gasteiger partial charge in [-0.15, -0.1) is 11.3 Å². The molecule has 312 valence electrons. The minimum absolute atomic E-state index is 0.00131. The highest BCUT2D eigenvalue weighted by Crippen LogP contribution is 2.64. The maximum absolute atomic E-state index is 16.0. The minimum atomic E-state index is -0.399. The summed E-state index contributed by atoms with van der Waals surface area (Å²) >= 11 is 1.79. The van der Waals surface area contributed by atoms with Gasteiger partial charge in [0.05, 0.1) is 28.3 Å². The molecule has 6 heteroatoms. The van der Waals surface area contributed by atoms with Crippen LogP contribution in [-0.2, 0) is 16.2 Å². The van der Waals surface area contributed by atoms with Gasteiger partial charge in [0.15, 0.2) is 0 Å². The first-order valence-corrected chi connectivity index (χ1v) is 22.6. The monoisotopic (exact) mass is 829 g/mol. The van der Waals surface area contributed by atoms with Crippen molar-refractivity contribution in [1.82, 2.24) is 0 Å². The predicted molar refractivity (Wildman–Crippen MR) is 256 cm³/mol. The third-order valence-electron chi connectivity index (χ3n) is 13.7. The van der Waals surface area contributed by atoms with E-state index in [2.05, 4.69) is 156 Å². The highest BCUT2D eigenvalue weighted by atomic mass is 32.1. The molecule has 0 amide bonds. The molecule has 2 heterocycles. The van der Waals surface area contributed by atoms with Gasteiger partial charge in [0.1, 0.15) is 11.6 Å². The molecule has 2 aliphatic rings. The number of nitrogens with zero attached hydrogens (tertiary/aromatic N) is 3. The zero-order valence-corrected chi connectivity index (χ0v) is 37.9. The fourth-order valence-electron chi connectivity index (χ4n) is 10.3. The standard InChI is InChI=1S/C55H57F2N3S/c1-36-31-40(58(39-26-23-37(24-27-39)52(2,3)4)49-35-61-50-28-25-38(33-42(49)50)53(5,6)7)34-41(32-36)60-48-22-16-21-47(51(48)54(8)29-14-15-30-55(54,60)9)59(45-19-12-10-17-43(45)56)46-20-13-11-18-44(46)57/h10-13,16-28,31-35H,14-15,29-30H2,1-9H3. The Kier molecular flexibility index (Phi) is 9.97. The molecule has 0 spiro atoms. The van der Waals surface area contributed by atoms with Gasteiger partial charge in [-0.05, 0) is 133 Å². The highest BCUT2D eigenvalue weighted by molar-refractivity contribution is 7.17. The molecule has 1 aromatic heterocycles. The van der Waals surface area contributed by atoms with Gasteiger partial charge < -0.3 is 14.7 Å². The van der Waals surface area contributed by atoms with Crippen LogP contribution in [0.25, 0.3) is 10.1 Å². The van der Waals surface area contributed by atoms with Crippen LogP contribution >= 0.6 is 11.3 Å². The van der Waals surface area contributed by atoms with E-state index in [0.717, 1.165) is 70.9 Å². The second-order valence-electron chi connectivity index (χ2n) is 19.8. The number of anilines is 8. The smallest absolute Gasteiger partial charge is 0.147 e. The molecule has 0 radical (unpaired) electrons. The van der Waals surface area contributed by atoms with E-state index in [1.165, 1.54) is 33.3 Å². The summed E-state index contributed by atoms with van der Waals surface area (Å²) in [6.07, 6.45) is 4.10. The van der Waals surface area contributed by atoms with Crippen molar-refractivity contribution in [3.63, 3.8) is 0 Å². The third kappa shape index (κ3) is 6.82. The van der Waals surface area contributed by atoms with Crippen molar-refractivity contribution in [3.8, 4) is 0 Å². The Morgan fingerprint density at radius 1 is 0.590 bits per heavy atom. The van der Waals surface area contributed by atoms with E-state index >= 15 is 8.78 Å². The number of benzene rings is 6. The average molecular weight is 830 g/mol. The number of thiophene rings is 1. The Hall–Kier alpha value is -5.46. The molecule has 0 saturated heterocycles. The Morgan fingerprint density at radius 3 is 1.84 bits per heavy atom. The van der Waals surface area contributed by atoms with Crippen molar-refractivity contribution in [1.29, 1.82) is 0 Å². The van der Waals surface area contributed by atoms with Gasteiger partial charge in [-0.1, -0.05) is 110 Å². The lowest BCUT2D eigenvalue weighted by Gasteiger charge is -2.50. The van der Waals surface area contributed by atoms with Gasteiger partial charge in [-0.3, -0.25) is 0 Å². The molecule has 7 aromatic rings. The van der Waals surface area contributed by atoms with E-state index in [1.54, 1.807) is 35.6 Å². The predicted octanol–water partition coefficient (Wildman–Crippen LogP) is 16.8. The van der Waals surface area contributed by atoms with Crippen LogP contribution in [0.2, 0.25) is 0 Å². The molecule has 0 bridgehead atoms. The number of hydrogen-bond acceptors (Lipinski definition) is 4. The minimum Gasteiger partial charge on any atom is -0.334 e. The lowest BCUT2D eigenvalue weighted by atomic mass is 9.61. The summed E-state index contributed by atoms with van der Waals surface area (Å²) < 4.78 is 33.3. The van der Waals surface area contributed by atoms with Crippen molar-refractivity contribution in [2.24, 2.45) is 0 Å². The van der Waals surface area contributed by atoms with Crippen molar-refractivity contribution < 1.29 is 8.78 Å². The first-order chi connectivity index (χ1) is 29.0. The van der Waals surface area contributed by atoms with Gasteiger partial charge in [-0.25, -0.2) is 8.78 Å². The Bertz CT molecular complexity index is 2730. The van der Waals surface area contributed by atoms with Crippen molar-refractivity contribution in [2.75, 3.05) is 14.7 Å². The fraction of sp³-hybridized carbons (Fsp3) is 0.309. The van der Waals surface area contributed by atoms with Crippen LogP contribution in [0.4, 0.5) is 54.3 Å². The SMILES string of the molecule is Cc1cc(N(c2ccc(C(C)(C)C)cc2)c2csc3ccc(C(C)(C)C)cc23)cc(N2c3cccc(N(c4ccccc4F)c4ccccc4F)c3C3(C)CCCCC23C)c1. The molecule has 2 unspecified atom stereocenters. The highest BCUT2D eigenvalue weighted by Gasteiger charge is 2.59. The Labute approximate surface area is 365 Å². The van der Waals surface area contributed by atoms with Crippen molar-refractivity contribution in [3.05, 3.63) is 167 Å². The van der Waals surface area contributed by atoms with Gasteiger partial charge in [0.2, 0.25) is 0 Å². The summed E-state index contributed by atoms with van der Waals surface area (Å²) in [7, 11) is 0. The molecule has 2 atom stereocenters. The summed E-state index contributed by atoms with van der Waals surface area (Å²) in [5, 5.41) is 3.55. The molecular formula is C55H57F2N3S. The van der Waals surface area contributed by atoms with Gasteiger partial charge in [0.25, 0.3) is 0 Å². The molecule has 3 nitrogen and oxygen atoms in total. The number of halogens is 2. The van der Waals surface area contributed by atoms with E-state index in [0.29, 0.717) is 11.4 Å². The second kappa shape index (κ2) is 14.9. The van der Waals surface area contributed by atoms with E-state index in [-0.39, 0.29) is 21.8 Å². The molecule has 0 N–H and O–H groups in total. The largest absolute Gasteiger partial charge is 0.334 e. The number of fused-ring (bicyclic) bond motifs is 4. The quantitative estimate of drug-likeness (QED) is 0.158. The topological polar surface area (TPSA) is 9.72 Å². The first kappa shape index (κ1) is 40.9. The van der Waals surface area contributed by atoms with Crippen LogP contribution in [-0.4, -0.2) is 5.54 Å². The van der Waals surface area contributed by atoms with E-state index in [9.17, 15) is 0 Å². The van der Waals surface area contributed by atoms with Crippen LogP contribution in [0.3, 0.4) is 0 Å². The van der Waals surface area contributed by atoms with Crippen molar-refractivity contribution >= 4 is 66.9 Å². The molecule has 61 heavy (non-hydrogen) atoms. The van der Waals surface area contributed by atoms with E-state index < -0.39 is 11.6 Å². The molecule has 1 aliphatic heterocycles. The van der Waals surface area contributed by atoms with Crippen LogP contribution in [0.15, 0.2) is 133 Å². The Balaban J connectivity index is 1.27. The van der Waals surface area contributed by atoms with Crippen molar-refractivity contribution in [2.45, 2.75) is 110 Å². The van der Waals surface area contributed by atoms with Crippen LogP contribution < -0.4 is 14.7 Å². The average Bonchev–Trinajstić information content (AvgIpc) is 3.72. The lowest BCUT2D eigenvalue weighted by molar-refractivity contribution is 0.195. The molecular weight excluding hydrogens is 773 g/mol. The number of para-hydroxylation sites is 2. The number of hydrogen-bond donors (Lipinski definition) is 0. The number of aryl methyl sites for hydroxylation is 1. The second-order valence-corrected chi connectivity index (χ2v) is 20.7. The van der Waals surface area contributed by atoms with E-state index in [1.807, 2.05) is 17.0 Å². The summed E-state index contributed by atoms with van der Waals surface area (Å²) in [4.78, 5) is 6.83. The third-order valence-corrected chi connectivity index (χ3v) is 14.7. The molecule has 1 saturated carbocycles. The van der Waals surface area contributed by atoms with Gasteiger partial charge in [0, 0.05) is 49.2 Å². The number of rotatable bonds is 7. The summed E-state index contributed by atoms with van der Waals surface area (Å²) in [5.41, 5.74) is 11.2. The van der Waals surface area contributed by atoms with Gasteiger partial charge in [-0.2, -0.15) is 0 Å². The Morgan fingerprint density at radius 2 is 1.20 bits per heavy atom.